The lowest BCUT2D eigenvalue weighted by atomic mass is 9.95. The molecule has 7 heteroatoms. The van der Waals surface area contributed by atoms with Gasteiger partial charge in [-0.3, -0.25) is 14.5 Å². The molecule has 7 nitrogen and oxygen atoms in total. The van der Waals surface area contributed by atoms with Crippen LogP contribution >= 0.6 is 0 Å². The number of amides is 1. The number of nitrogens with zero attached hydrogens (tertiary/aromatic N) is 2. The largest absolute Gasteiger partial charge is 0.356 e. The second-order valence-electron chi connectivity index (χ2n) is 8.55. The van der Waals surface area contributed by atoms with Crippen molar-refractivity contribution in [2.24, 2.45) is 0 Å². The summed E-state index contributed by atoms with van der Waals surface area (Å²) >= 11 is 0. The summed E-state index contributed by atoms with van der Waals surface area (Å²) in [4.78, 5) is 35.4. The first-order valence-corrected chi connectivity index (χ1v) is 11.2. The molecule has 1 saturated heterocycles. The Morgan fingerprint density at radius 2 is 2.00 bits per heavy atom. The van der Waals surface area contributed by atoms with Crippen LogP contribution in [-0.4, -0.2) is 46.2 Å². The third-order valence-corrected chi connectivity index (χ3v) is 6.35. The van der Waals surface area contributed by atoms with E-state index in [1.807, 2.05) is 49.5 Å². The Morgan fingerprint density at radius 1 is 1.16 bits per heavy atom. The molecule has 164 valence electrons. The molecule has 0 bridgehead atoms. The van der Waals surface area contributed by atoms with Crippen molar-refractivity contribution in [3.05, 3.63) is 59.9 Å². The van der Waals surface area contributed by atoms with E-state index in [0.29, 0.717) is 12.2 Å². The Morgan fingerprint density at radius 3 is 2.78 bits per heavy atom. The zero-order chi connectivity index (χ0) is 22.1. The molecule has 1 atom stereocenters. The molecule has 3 N–H and O–H groups in total. The summed E-state index contributed by atoms with van der Waals surface area (Å²) in [6.45, 7) is 0.933. The molecule has 1 aliphatic carbocycles. The van der Waals surface area contributed by atoms with Gasteiger partial charge < -0.3 is 15.6 Å². The number of benzene rings is 1. The van der Waals surface area contributed by atoms with E-state index in [4.69, 9.17) is 0 Å². The number of H-pyrrole nitrogens is 1. The van der Waals surface area contributed by atoms with E-state index in [0.717, 1.165) is 66.1 Å². The lowest BCUT2D eigenvalue weighted by molar-refractivity contribution is -0.119. The lowest BCUT2D eigenvalue weighted by Gasteiger charge is -2.18. The zero-order valence-corrected chi connectivity index (χ0v) is 18.1. The van der Waals surface area contributed by atoms with Gasteiger partial charge in [-0.05, 0) is 63.5 Å². The SMILES string of the molecule is CN1CCCC1C(=O)Nc1cc(-c2[nH]c3c(c2Nc2ccccc2)C(=O)CCC3)ccn1. The summed E-state index contributed by atoms with van der Waals surface area (Å²) in [6, 6.07) is 13.5. The van der Waals surface area contributed by atoms with Crippen LogP contribution in [0.4, 0.5) is 17.2 Å². The molecule has 1 aliphatic heterocycles. The molecule has 3 heterocycles. The minimum atomic E-state index is -0.119. The Balaban J connectivity index is 1.50. The van der Waals surface area contributed by atoms with Crippen LogP contribution in [0.2, 0.25) is 0 Å². The van der Waals surface area contributed by atoms with E-state index in [1.165, 1.54) is 0 Å². The molecule has 1 aromatic carbocycles. The van der Waals surface area contributed by atoms with Gasteiger partial charge in [-0.1, -0.05) is 18.2 Å². The van der Waals surface area contributed by atoms with Gasteiger partial charge in [0.1, 0.15) is 5.82 Å². The lowest BCUT2D eigenvalue weighted by Crippen LogP contribution is -2.37. The van der Waals surface area contributed by atoms with Gasteiger partial charge in [-0.2, -0.15) is 0 Å². The van der Waals surface area contributed by atoms with Gasteiger partial charge in [0.15, 0.2) is 5.78 Å². The first kappa shape index (κ1) is 20.5. The third-order valence-electron chi connectivity index (χ3n) is 6.35. The molecule has 2 aromatic heterocycles. The number of rotatable bonds is 5. The predicted octanol–water partition coefficient (Wildman–Crippen LogP) is 4.37. The number of aromatic amines is 1. The van der Waals surface area contributed by atoms with Crippen LogP contribution in [0, 0.1) is 0 Å². The second kappa shape index (κ2) is 8.59. The van der Waals surface area contributed by atoms with Crippen molar-refractivity contribution in [2.75, 3.05) is 24.2 Å². The number of aryl methyl sites for hydroxylation is 1. The van der Waals surface area contributed by atoms with E-state index in [2.05, 4.69) is 25.5 Å². The average Bonchev–Trinajstić information content (AvgIpc) is 3.39. The van der Waals surface area contributed by atoms with E-state index >= 15 is 0 Å². The fourth-order valence-electron chi connectivity index (χ4n) is 4.71. The van der Waals surface area contributed by atoms with Gasteiger partial charge in [0.2, 0.25) is 5.91 Å². The topological polar surface area (TPSA) is 90.1 Å². The fourth-order valence-corrected chi connectivity index (χ4v) is 4.71. The normalized spacial score (nSPS) is 18.4. The standard InChI is InChI=1S/C25H27N5O2/c1-30-14-6-10-19(30)25(32)29-21-15-16(12-13-26-21)23-24(27-17-7-3-2-4-8-17)22-18(28-23)9-5-11-20(22)31/h2-4,7-8,12-13,15,19,27-28H,5-6,9-11,14H2,1H3,(H,26,29,32). The number of nitrogens with one attached hydrogen (secondary N) is 3. The van der Waals surface area contributed by atoms with Crippen LogP contribution in [0.5, 0.6) is 0 Å². The number of carbonyl (C=O) groups excluding carboxylic acids is 2. The molecule has 1 unspecified atom stereocenters. The van der Waals surface area contributed by atoms with Gasteiger partial charge in [0.25, 0.3) is 0 Å². The molecule has 5 rings (SSSR count). The highest BCUT2D eigenvalue weighted by molar-refractivity contribution is 6.07. The highest BCUT2D eigenvalue weighted by Gasteiger charge is 2.29. The van der Waals surface area contributed by atoms with Crippen LogP contribution in [0.25, 0.3) is 11.3 Å². The van der Waals surface area contributed by atoms with Gasteiger partial charge in [-0.25, -0.2) is 4.98 Å². The number of fused-ring (bicyclic) bond motifs is 1. The fraction of sp³-hybridized carbons (Fsp3) is 0.320. The quantitative estimate of drug-likeness (QED) is 0.560. The molecule has 32 heavy (non-hydrogen) atoms. The minimum Gasteiger partial charge on any atom is -0.356 e. The number of hydrogen-bond donors (Lipinski definition) is 3. The summed E-state index contributed by atoms with van der Waals surface area (Å²) < 4.78 is 0. The van der Waals surface area contributed by atoms with Gasteiger partial charge in [0, 0.05) is 29.6 Å². The first-order valence-electron chi connectivity index (χ1n) is 11.2. The van der Waals surface area contributed by atoms with Crippen molar-refractivity contribution in [1.29, 1.82) is 0 Å². The summed E-state index contributed by atoms with van der Waals surface area (Å²) in [6.07, 6.45) is 5.82. The van der Waals surface area contributed by atoms with E-state index in [1.54, 1.807) is 6.20 Å². The summed E-state index contributed by atoms with van der Waals surface area (Å²) in [5.41, 5.74) is 5.12. The van der Waals surface area contributed by atoms with Gasteiger partial charge in [-0.15, -0.1) is 0 Å². The highest BCUT2D eigenvalue weighted by Crippen LogP contribution is 2.39. The monoisotopic (exact) mass is 429 g/mol. The average molecular weight is 430 g/mol. The molecule has 0 spiro atoms. The summed E-state index contributed by atoms with van der Waals surface area (Å²) in [7, 11) is 1.98. The Labute approximate surface area is 187 Å². The molecular formula is C25H27N5O2. The van der Waals surface area contributed by atoms with Gasteiger partial charge in [0.05, 0.1) is 23.0 Å². The number of likely N-dealkylation sites (N-methyl/N-ethyl adjacent to an activating group) is 1. The maximum atomic E-state index is 12.8. The van der Waals surface area contributed by atoms with E-state index in [9.17, 15) is 9.59 Å². The van der Waals surface area contributed by atoms with Crippen LogP contribution < -0.4 is 10.6 Å². The maximum absolute atomic E-state index is 12.8. The zero-order valence-electron chi connectivity index (χ0n) is 18.1. The van der Waals surface area contributed by atoms with Crippen molar-refractivity contribution in [2.45, 2.75) is 38.1 Å². The number of pyridine rings is 1. The number of anilines is 3. The molecule has 0 saturated carbocycles. The molecule has 0 radical (unpaired) electrons. The Kier molecular flexibility index (Phi) is 5.49. The van der Waals surface area contributed by atoms with Crippen LogP contribution in [0.15, 0.2) is 48.7 Å². The van der Waals surface area contributed by atoms with Crippen molar-refractivity contribution >= 4 is 28.9 Å². The molecule has 2 aliphatic rings. The molecule has 1 amide bonds. The second-order valence-corrected chi connectivity index (χ2v) is 8.55. The number of aromatic nitrogens is 2. The summed E-state index contributed by atoms with van der Waals surface area (Å²) in [5, 5.41) is 6.43. The molecular weight excluding hydrogens is 402 g/mol. The van der Waals surface area contributed by atoms with Crippen LogP contribution in [0.1, 0.15) is 41.7 Å². The van der Waals surface area contributed by atoms with Gasteiger partial charge >= 0.3 is 0 Å². The summed E-state index contributed by atoms with van der Waals surface area (Å²) in [5.74, 6) is 0.634. The van der Waals surface area contributed by atoms with Crippen LogP contribution in [-0.2, 0) is 11.2 Å². The smallest absolute Gasteiger partial charge is 0.242 e. The number of para-hydroxylation sites is 1. The number of Topliss-reactive ketones (excluding diaryl/α,β-unsaturated/α-hetero) is 1. The number of carbonyl (C=O) groups is 2. The molecule has 1 fully saturated rings. The molecule has 3 aromatic rings. The number of ketones is 1. The predicted molar refractivity (Wildman–Crippen MR) is 125 cm³/mol. The Bertz CT molecular complexity index is 1150. The van der Waals surface area contributed by atoms with Crippen molar-refractivity contribution in [3.63, 3.8) is 0 Å². The van der Waals surface area contributed by atoms with E-state index in [-0.39, 0.29) is 17.7 Å². The third kappa shape index (κ3) is 3.91. The van der Waals surface area contributed by atoms with E-state index < -0.39 is 0 Å². The number of hydrogen-bond acceptors (Lipinski definition) is 5. The number of likely N-dealkylation sites (tertiary alicyclic amines) is 1. The van der Waals surface area contributed by atoms with Crippen molar-refractivity contribution < 1.29 is 9.59 Å². The van der Waals surface area contributed by atoms with Crippen LogP contribution in [0.3, 0.4) is 0 Å². The Hall–Kier alpha value is -3.45. The minimum absolute atomic E-state index is 0.0294. The first-order chi connectivity index (χ1) is 15.6. The van der Waals surface area contributed by atoms with Crippen molar-refractivity contribution in [1.82, 2.24) is 14.9 Å². The highest BCUT2D eigenvalue weighted by atomic mass is 16.2. The maximum Gasteiger partial charge on any atom is 0.242 e. The van der Waals surface area contributed by atoms with Crippen molar-refractivity contribution in [3.8, 4) is 11.3 Å².